The van der Waals surface area contributed by atoms with E-state index in [9.17, 15) is 4.79 Å². The maximum absolute atomic E-state index is 10.4. The molecule has 57 valence electrons. The zero-order chi connectivity index (χ0) is 8.39. The van der Waals surface area contributed by atoms with Crippen molar-refractivity contribution in [1.29, 1.82) is 0 Å². The molecule has 0 aromatic heterocycles. The van der Waals surface area contributed by atoms with E-state index in [0.29, 0.717) is 5.56 Å². The van der Waals surface area contributed by atoms with Crippen LogP contribution in [0.15, 0.2) is 36.4 Å². The molecule has 0 heterocycles. The second-order valence-corrected chi connectivity index (χ2v) is 2.64. The predicted molar refractivity (Wildman–Crippen MR) is 48.2 cm³/mol. The van der Waals surface area contributed by atoms with Crippen molar-refractivity contribution in [2.45, 2.75) is 0 Å². The Morgan fingerprint density at radius 2 is 1.92 bits per heavy atom. The van der Waals surface area contributed by atoms with Gasteiger partial charge >= 0.3 is 0 Å². The molecule has 0 unspecified atom stereocenters. The summed E-state index contributed by atoms with van der Waals surface area (Å²) in [5.41, 5.74) is 0.605. The summed E-state index contributed by atoms with van der Waals surface area (Å²) < 4.78 is 0. The molecular weight excluding hydrogens is 148 g/mol. The summed E-state index contributed by atoms with van der Waals surface area (Å²) in [5.74, 6) is 0. The van der Waals surface area contributed by atoms with Crippen molar-refractivity contribution >= 4 is 17.1 Å². The topological polar surface area (TPSA) is 17.1 Å². The van der Waals surface area contributed by atoms with Crippen LogP contribution in [-0.4, -0.2) is 6.29 Å². The lowest BCUT2D eigenvalue weighted by Crippen LogP contribution is -1.79. The fourth-order valence-electron chi connectivity index (χ4n) is 1.21. The molecule has 0 bridgehead atoms. The Balaban J connectivity index is 2.75. The van der Waals surface area contributed by atoms with Gasteiger partial charge in [-0.15, -0.1) is 0 Å². The van der Waals surface area contributed by atoms with Gasteiger partial charge in [0.25, 0.3) is 0 Å². The summed E-state index contributed by atoms with van der Waals surface area (Å²) in [6, 6.07) is 14.5. The lowest BCUT2D eigenvalue weighted by Gasteiger charge is -1.95. The molecule has 12 heavy (non-hydrogen) atoms. The van der Waals surface area contributed by atoms with Gasteiger partial charge in [-0.2, -0.15) is 0 Å². The van der Waals surface area contributed by atoms with Crippen LogP contribution in [0.4, 0.5) is 0 Å². The number of carbonyl (C=O) groups is 1. The minimum Gasteiger partial charge on any atom is -0.298 e. The minimum atomic E-state index is 0.605. The number of rotatable bonds is 1. The highest BCUT2D eigenvalue weighted by Crippen LogP contribution is 2.13. The van der Waals surface area contributed by atoms with E-state index >= 15 is 0 Å². The second kappa shape index (κ2) is 2.78. The van der Waals surface area contributed by atoms with Crippen LogP contribution in [0.25, 0.3) is 10.8 Å². The van der Waals surface area contributed by atoms with Gasteiger partial charge in [0.05, 0.1) is 0 Å². The first-order chi connectivity index (χ1) is 5.90. The van der Waals surface area contributed by atoms with Crippen molar-refractivity contribution in [2.75, 3.05) is 0 Å². The van der Waals surface area contributed by atoms with Gasteiger partial charge < -0.3 is 0 Å². The Kier molecular flexibility index (Phi) is 1.63. The molecule has 0 atom stereocenters. The first-order valence-electron chi connectivity index (χ1n) is 3.76. The Morgan fingerprint density at radius 1 is 1.17 bits per heavy atom. The zero-order valence-electron chi connectivity index (χ0n) is 6.45. The van der Waals surface area contributed by atoms with Crippen molar-refractivity contribution in [3.63, 3.8) is 0 Å². The first kappa shape index (κ1) is 7.04. The molecule has 2 aromatic rings. The molecule has 0 saturated carbocycles. The normalized spacial score (nSPS) is 10.0. The van der Waals surface area contributed by atoms with Gasteiger partial charge in [-0.25, -0.2) is 0 Å². The van der Waals surface area contributed by atoms with Crippen molar-refractivity contribution in [3.8, 4) is 0 Å². The van der Waals surface area contributed by atoms with Gasteiger partial charge in [0.1, 0.15) is 0 Å². The highest BCUT2D eigenvalue weighted by molar-refractivity contribution is 5.88. The minimum absolute atomic E-state index is 0.605. The average Bonchev–Trinajstić information content (AvgIpc) is 2.17. The summed E-state index contributed by atoms with van der Waals surface area (Å²) in [5, 5.41) is 2.20. The largest absolute Gasteiger partial charge is 0.298 e. The number of fused-ring (bicyclic) bond motifs is 1. The van der Waals surface area contributed by atoms with Gasteiger partial charge in [-0.05, 0) is 29.0 Å². The summed E-state index contributed by atoms with van der Waals surface area (Å²) >= 11 is 0. The molecule has 0 fully saturated rings. The van der Waals surface area contributed by atoms with Crippen molar-refractivity contribution in [2.24, 2.45) is 0 Å². The molecule has 0 spiro atoms. The first-order valence-corrected chi connectivity index (χ1v) is 3.76. The van der Waals surface area contributed by atoms with E-state index in [4.69, 9.17) is 0 Å². The van der Waals surface area contributed by atoms with Crippen LogP contribution in [0.1, 0.15) is 10.4 Å². The molecule has 1 heteroatoms. The number of benzene rings is 2. The Hall–Kier alpha value is -1.63. The molecule has 0 amide bonds. The Labute approximate surface area is 70.6 Å². The van der Waals surface area contributed by atoms with Gasteiger partial charge in [0.15, 0.2) is 6.29 Å². The lowest BCUT2D eigenvalue weighted by molar-refractivity contribution is 0.112. The predicted octanol–water partition coefficient (Wildman–Crippen LogP) is 2.45. The molecule has 0 aliphatic rings. The zero-order valence-corrected chi connectivity index (χ0v) is 6.45. The van der Waals surface area contributed by atoms with Crippen LogP contribution in [-0.2, 0) is 0 Å². The molecule has 0 aliphatic heterocycles. The van der Waals surface area contributed by atoms with Crippen molar-refractivity contribution in [1.82, 2.24) is 0 Å². The van der Waals surface area contributed by atoms with Crippen LogP contribution in [0, 0.1) is 6.07 Å². The van der Waals surface area contributed by atoms with E-state index in [0.717, 1.165) is 17.1 Å². The van der Waals surface area contributed by atoms with Crippen molar-refractivity contribution in [3.05, 3.63) is 48.0 Å². The van der Waals surface area contributed by atoms with E-state index in [1.807, 2.05) is 36.4 Å². The van der Waals surface area contributed by atoms with Crippen LogP contribution in [0.5, 0.6) is 0 Å². The molecule has 2 rings (SSSR count). The third-order valence-corrected chi connectivity index (χ3v) is 1.83. The van der Waals surface area contributed by atoms with Gasteiger partial charge in [-0.3, -0.25) is 4.79 Å². The lowest BCUT2D eigenvalue weighted by atomic mass is 10.1. The second-order valence-electron chi connectivity index (χ2n) is 2.64. The van der Waals surface area contributed by atoms with Gasteiger partial charge in [0, 0.05) is 5.56 Å². The summed E-state index contributed by atoms with van der Waals surface area (Å²) in [6.45, 7) is 0. The van der Waals surface area contributed by atoms with E-state index in [-0.39, 0.29) is 0 Å². The van der Waals surface area contributed by atoms with Crippen LogP contribution < -0.4 is 0 Å². The highest BCUT2D eigenvalue weighted by atomic mass is 16.1. The number of hydrogen-bond acceptors (Lipinski definition) is 1. The van der Waals surface area contributed by atoms with Crippen LogP contribution in [0.3, 0.4) is 0 Å². The molecule has 1 nitrogen and oxygen atoms in total. The molecule has 0 saturated heterocycles. The smallest absolute Gasteiger partial charge is 0.150 e. The highest BCUT2D eigenvalue weighted by Gasteiger charge is 1.93. The van der Waals surface area contributed by atoms with Gasteiger partial charge in [0.2, 0.25) is 0 Å². The average molecular weight is 155 g/mol. The van der Waals surface area contributed by atoms with E-state index in [2.05, 4.69) is 6.07 Å². The monoisotopic (exact) mass is 155 g/mol. The Bertz CT molecular complexity index is 418. The van der Waals surface area contributed by atoms with Crippen LogP contribution >= 0.6 is 0 Å². The summed E-state index contributed by atoms with van der Waals surface area (Å²) in [6.07, 6.45) is 0.812. The quantitative estimate of drug-likeness (QED) is 0.578. The molecule has 0 N–H and O–H groups in total. The summed E-state index contributed by atoms with van der Waals surface area (Å²) in [4.78, 5) is 10.4. The fourth-order valence-corrected chi connectivity index (χ4v) is 1.21. The fraction of sp³-hybridized carbons (Fsp3) is 0. The van der Waals surface area contributed by atoms with Crippen LogP contribution in [0.2, 0.25) is 0 Å². The standard InChI is InChI=1S/C11H7O/c12-8-9-5-6-10-3-1-2-4-11(10)7-9/h1-4,6-8H. The van der Waals surface area contributed by atoms with E-state index < -0.39 is 0 Å². The number of carbonyl (C=O) groups excluding carboxylic acids is 1. The van der Waals surface area contributed by atoms with E-state index in [1.54, 1.807) is 0 Å². The maximum atomic E-state index is 10.4. The third-order valence-electron chi connectivity index (χ3n) is 1.83. The maximum Gasteiger partial charge on any atom is 0.150 e. The molecule has 0 aliphatic carbocycles. The number of hydrogen-bond donors (Lipinski definition) is 0. The number of aldehydes is 1. The Morgan fingerprint density at radius 3 is 2.67 bits per heavy atom. The molecule has 1 radical (unpaired) electrons. The third kappa shape index (κ3) is 1.10. The summed E-state index contributed by atoms with van der Waals surface area (Å²) in [7, 11) is 0. The molecular formula is C11H7O. The van der Waals surface area contributed by atoms with Crippen molar-refractivity contribution < 1.29 is 4.79 Å². The SMILES string of the molecule is O=Cc1[c]cc2ccccc2c1. The van der Waals surface area contributed by atoms with E-state index in [1.165, 1.54) is 0 Å². The van der Waals surface area contributed by atoms with Gasteiger partial charge in [-0.1, -0.05) is 24.3 Å². The molecule has 2 aromatic carbocycles.